The molecule has 4 aliphatic rings. The standard InChI is InChI=1S/C22H33N3O2/c1-15-12-23-13-20-19-6-5-17(11-18(19)14-25(15)20)16-7-9-24(10-8-16)21(26)27-22(2,3)4/h5,11,15-16,23H,6-10,12-14H2,1-4H3/t15-/m1/s1. The molecule has 1 aliphatic carbocycles. The first kappa shape index (κ1) is 18.6. The fraction of sp³-hybridized carbons (Fsp3) is 0.682. The Kier molecular flexibility index (Phi) is 4.83. The van der Waals surface area contributed by atoms with Crippen LogP contribution in [0.2, 0.25) is 0 Å². The monoisotopic (exact) mass is 371 g/mol. The Hall–Kier alpha value is -1.75. The van der Waals surface area contributed by atoms with E-state index in [2.05, 4.69) is 29.3 Å². The lowest BCUT2D eigenvalue weighted by atomic mass is 9.83. The van der Waals surface area contributed by atoms with Gasteiger partial charge in [-0.25, -0.2) is 4.79 Å². The Balaban J connectivity index is 1.38. The van der Waals surface area contributed by atoms with Crippen molar-refractivity contribution in [1.29, 1.82) is 0 Å². The van der Waals surface area contributed by atoms with Crippen molar-refractivity contribution in [1.82, 2.24) is 15.1 Å². The summed E-state index contributed by atoms with van der Waals surface area (Å²) in [5.74, 6) is 0.566. The second kappa shape index (κ2) is 7.01. The van der Waals surface area contributed by atoms with Gasteiger partial charge in [-0.15, -0.1) is 0 Å². The maximum atomic E-state index is 12.3. The number of carbonyl (C=O) groups is 1. The Labute approximate surface area is 163 Å². The molecule has 1 N–H and O–H groups in total. The highest BCUT2D eigenvalue weighted by Gasteiger charge is 2.34. The van der Waals surface area contributed by atoms with Crippen molar-refractivity contribution < 1.29 is 9.53 Å². The number of amides is 1. The topological polar surface area (TPSA) is 44.8 Å². The molecule has 4 rings (SSSR count). The van der Waals surface area contributed by atoms with Crippen LogP contribution < -0.4 is 5.32 Å². The first-order valence-electron chi connectivity index (χ1n) is 10.4. The predicted molar refractivity (Wildman–Crippen MR) is 107 cm³/mol. The summed E-state index contributed by atoms with van der Waals surface area (Å²) in [6.07, 6.45) is 7.84. The Morgan fingerprint density at radius 1 is 1.26 bits per heavy atom. The van der Waals surface area contributed by atoms with Crippen LogP contribution in [0.15, 0.2) is 34.6 Å². The maximum absolute atomic E-state index is 12.3. The minimum Gasteiger partial charge on any atom is -0.444 e. The summed E-state index contributed by atoms with van der Waals surface area (Å²) in [4.78, 5) is 16.7. The Bertz CT molecular complexity index is 706. The van der Waals surface area contributed by atoms with Crippen molar-refractivity contribution in [3.8, 4) is 0 Å². The van der Waals surface area contributed by atoms with Gasteiger partial charge in [0.05, 0.1) is 0 Å². The summed E-state index contributed by atoms with van der Waals surface area (Å²) < 4.78 is 5.52. The molecule has 148 valence electrons. The number of ether oxygens (including phenoxy) is 1. The number of rotatable bonds is 1. The van der Waals surface area contributed by atoms with E-state index in [0.717, 1.165) is 52.0 Å². The van der Waals surface area contributed by atoms with Gasteiger partial charge in [0.25, 0.3) is 0 Å². The highest BCUT2D eigenvalue weighted by Crippen LogP contribution is 2.39. The predicted octanol–water partition coefficient (Wildman–Crippen LogP) is 3.45. The molecule has 2 fully saturated rings. The second-order valence-corrected chi connectivity index (χ2v) is 9.35. The summed E-state index contributed by atoms with van der Waals surface area (Å²) in [6.45, 7) is 12.8. The Morgan fingerprint density at radius 2 is 2.00 bits per heavy atom. The number of nitrogens with one attached hydrogen (secondary N) is 1. The number of nitrogens with zero attached hydrogens (tertiary/aromatic N) is 2. The van der Waals surface area contributed by atoms with Gasteiger partial charge in [-0.2, -0.15) is 0 Å². The van der Waals surface area contributed by atoms with Crippen LogP contribution in [-0.2, 0) is 4.74 Å². The van der Waals surface area contributed by atoms with Crippen molar-refractivity contribution in [2.75, 3.05) is 32.7 Å². The minimum atomic E-state index is -0.422. The molecule has 5 nitrogen and oxygen atoms in total. The first-order valence-corrected chi connectivity index (χ1v) is 10.4. The lowest BCUT2D eigenvalue weighted by Gasteiger charge is -2.34. The molecule has 0 aromatic heterocycles. The third-order valence-electron chi connectivity index (χ3n) is 6.19. The normalized spacial score (nSPS) is 26.4. The lowest BCUT2D eigenvalue weighted by molar-refractivity contribution is 0.0195. The molecule has 0 unspecified atom stereocenters. The zero-order valence-electron chi connectivity index (χ0n) is 17.2. The molecular formula is C22H33N3O2. The van der Waals surface area contributed by atoms with E-state index in [1.807, 2.05) is 25.7 Å². The summed E-state index contributed by atoms with van der Waals surface area (Å²) in [6, 6.07) is 0.577. The van der Waals surface area contributed by atoms with Crippen LogP contribution >= 0.6 is 0 Å². The molecule has 0 saturated carbocycles. The van der Waals surface area contributed by atoms with Crippen LogP contribution in [0.4, 0.5) is 4.79 Å². The number of likely N-dealkylation sites (tertiary alicyclic amines) is 1. The summed E-state index contributed by atoms with van der Waals surface area (Å²) in [5, 5.41) is 3.55. The largest absolute Gasteiger partial charge is 0.444 e. The number of hydrogen-bond acceptors (Lipinski definition) is 4. The zero-order valence-corrected chi connectivity index (χ0v) is 17.2. The SMILES string of the molecule is C[C@@H]1CNCC2=C3CC=C(C4CCN(C(=O)OC(C)(C)C)CC4)C=C3CN21. The Morgan fingerprint density at radius 3 is 2.70 bits per heavy atom. The highest BCUT2D eigenvalue weighted by atomic mass is 16.6. The average Bonchev–Trinajstić information content (AvgIpc) is 3.00. The lowest BCUT2D eigenvalue weighted by Crippen LogP contribution is -2.46. The molecule has 3 aliphatic heterocycles. The molecule has 27 heavy (non-hydrogen) atoms. The zero-order chi connectivity index (χ0) is 19.2. The fourth-order valence-corrected chi connectivity index (χ4v) is 4.74. The maximum Gasteiger partial charge on any atom is 0.410 e. The fourth-order valence-electron chi connectivity index (χ4n) is 4.74. The molecule has 0 radical (unpaired) electrons. The highest BCUT2D eigenvalue weighted by molar-refractivity contribution is 5.68. The van der Waals surface area contributed by atoms with E-state index in [4.69, 9.17) is 4.74 Å². The smallest absolute Gasteiger partial charge is 0.410 e. The van der Waals surface area contributed by atoms with Gasteiger partial charge in [0.2, 0.25) is 0 Å². The molecule has 0 spiro atoms. The third kappa shape index (κ3) is 3.79. The molecular weight excluding hydrogens is 338 g/mol. The van der Waals surface area contributed by atoms with Crippen molar-refractivity contribution in [3.05, 3.63) is 34.6 Å². The van der Waals surface area contributed by atoms with E-state index in [9.17, 15) is 4.79 Å². The van der Waals surface area contributed by atoms with Gasteiger partial charge < -0.3 is 19.9 Å². The van der Waals surface area contributed by atoms with Crippen molar-refractivity contribution in [3.63, 3.8) is 0 Å². The number of hydrogen-bond donors (Lipinski definition) is 1. The van der Waals surface area contributed by atoms with Crippen LogP contribution in [0.1, 0.15) is 47.0 Å². The van der Waals surface area contributed by atoms with E-state index in [1.165, 1.54) is 16.8 Å². The summed E-state index contributed by atoms with van der Waals surface area (Å²) in [5.41, 5.74) is 5.64. The van der Waals surface area contributed by atoms with Gasteiger partial charge in [-0.05, 0) is 69.6 Å². The van der Waals surface area contributed by atoms with Gasteiger partial charge in [0.15, 0.2) is 0 Å². The molecule has 0 aromatic rings. The van der Waals surface area contributed by atoms with Gasteiger partial charge >= 0.3 is 6.09 Å². The molecule has 0 bridgehead atoms. The van der Waals surface area contributed by atoms with Crippen LogP contribution in [0, 0.1) is 5.92 Å². The van der Waals surface area contributed by atoms with Gasteiger partial charge in [-0.3, -0.25) is 0 Å². The van der Waals surface area contributed by atoms with Crippen LogP contribution in [0.5, 0.6) is 0 Å². The average molecular weight is 372 g/mol. The first-order chi connectivity index (χ1) is 12.8. The number of fused-ring (bicyclic) bond motifs is 2. The number of allylic oxidation sites excluding steroid dienone is 3. The third-order valence-corrected chi connectivity index (χ3v) is 6.19. The van der Waals surface area contributed by atoms with E-state index < -0.39 is 5.60 Å². The second-order valence-electron chi connectivity index (χ2n) is 9.35. The summed E-state index contributed by atoms with van der Waals surface area (Å²) >= 11 is 0. The number of carbonyl (C=O) groups excluding carboxylic acids is 1. The van der Waals surface area contributed by atoms with Crippen molar-refractivity contribution in [2.24, 2.45) is 5.92 Å². The molecule has 1 atom stereocenters. The molecule has 1 amide bonds. The molecule has 0 aromatic carbocycles. The number of piperidine rings is 1. The molecule has 2 saturated heterocycles. The van der Waals surface area contributed by atoms with Gasteiger partial charge in [0.1, 0.15) is 5.60 Å². The van der Waals surface area contributed by atoms with Gasteiger partial charge in [-0.1, -0.05) is 12.2 Å². The minimum absolute atomic E-state index is 0.168. The van der Waals surface area contributed by atoms with Crippen LogP contribution in [0.3, 0.4) is 0 Å². The number of piperazine rings is 1. The van der Waals surface area contributed by atoms with Crippen LogP contribution in [-0.4, -0.2) is 60.3 Å². The van der Waals surface area contributed by atoms with E-state index in [0.29, 0.717) is 12.0 Å². The van der Waals surface area contributed by atoms with E-state index in [1.54, 1.807) is 5.57 Å². The quantitative estimate of drug-likeness (QED) is 0.767. The molecule has 5 heteroatoms. The molecule has 3 heterocycles. The van der Waals surface area contributed by atoms with E-state index in [-0.39, 0.29) is 6.09 Å². The summed E-state index contributed by atoms with van der Waals surface area (Å²) in [7, 11) is 0. The van der Waals surface area contributed by atoms with E-state index >= 15 is 0 Å². The van der Waals surface area contributed by atoms with Crippen molar-refractivity contribution in [2.45, 2.75) is 58.6 Å². The van der Waals surface area contributed by atoms with Crippen molar-refractivity contribution >= 4 is 6.09 Å². The van der Waals surface area contributed by atoms with Crippen LogP contribution in [0.25, 0.3) is 0 Å². The van der Waals surface area contributed by atoms with Gasteiger partial charge in [0, 0.05) is 44.5 Å².